The van der Waals surface area contributed by atoms with Crippen molar-refractivity contribution in [2.75, 3.05) is 13.1 Å². The maximum Gasteiger partial charge on any atom is 0.226 e. The number of aryl methyl sites for hydroxylation is 1. The van der Waals surface area contributed by atoms with E-state index in [0.29, 0.717) is 18.7 Å². The van der Waals surface area contributed by atoms with Gasteiger partial charge in [-0.15, -0.1) is 0 Å². The lowest BCUT2D eigenvalue weighted by atomic mass is 9.49. The number of benzene rings is 1. The van der Waals surface area contributed by atoms with Crippen LogP contribution >= 0.6 is 0 Å². The molecule has 1 aromatic rings. The van der Waals surface area contributed by atoms with Crippen LogP contribution in [0.15, 0.2) is 24.3 Å². The number of amides is 2. The summed E-state index contributed by atoms with van der Waals surface area (Å²) >= 11 is 0. The lowest BCUT2D eigenvalue weighted by Gasteiger charge is -2.55. The molecule has 1 aromatic carbocycles. The summed E-state index contributed by atoms with van der Waals surface area (Å²) in [5, 5.41) is 5.89. The largest absolute Gasteiger partial charge is 0.354 e. The van der Waals surface area contributed by atoms with Crippen LogP contribution in [0.4, 0.5) is 0 Å². The van der Waals surface area contributed by atoms with E-state index < -0.39 is 0 Å². The van der Waals surface area contributed by atoms with Crippen molar-refractivity contribution in [1.29, 1.82) is 0 Å². The van der Waals surface area contributed by atoms with Crippen LogP contribution in [0.25, 0.3) is 0 Å². The topological polar surface area (TPSA) is 75.3 Å². The average Bonchev–Trinajstić information content (AvgIpc) is 2.68. The van der Waals surface area contributed by atoms with Gasteiger partial charge in [0, 0.05) is 36.9 Å². The predicted octanol–water partition coefficient (Wildman–Crippen LogP) is 3.41. The summed E-state index contributed by atoms with van der Waals surface area (Å²) in [6, 6.07) is 7.41. The molecule has 0 spiro atoms. The Kier molecular flexibility index (Phi) is 5.75. The van der Waals surface area contributed by atoms with Gasteiger partial charge in [0.2, 0.25) is 11.8 Å². The van der Waals surface area contributed by atoms with Gasteiger partial charge in [0.1, 0.15) is 0 Å². The van der Waals surface area contributed by atoms with E-state index in [2.05, 4.69) is 10.6 Å². The van der Waals surface area contributed by atoms with Gasteiger partial charge in [-0.25, -0.2) is 0 Å². The Morgan fingerprint density at radius 2 is 1.41 bits per heavy atom. The zero-order chi connectivity index (χ0) is 20.4. The third-order valence-electron chi connectivity index (χ3n) is 7.21. The fraction of sp³-hybridized carbons (Fsp3) is 0.625. The molecular formula is C24H32N2O3. The zero-order valence-corrected chi connectivity index (χ0v) is 17.3. The highest BCUT2D eigenvalue weighted by molar-refractivity contribution is 5.98. The van der Waals surface area contributed by atoms with E-state index in [9.17, 15) is 14.4 Å². The van der Waals surface area contributed by atoms with Gasteiger partial charge in [0.15, 0.2) is 5.78 Å². The fourth-order valence-corrected chi connectivity index (χ4v) is 6.15. The minimum absolute atomic E-state index is 0.0183. The highest BCUT2D eigenvalue weighted by Gasteiger charge is 2.54. The smallest absolute Gasteiger partial charge is 0.226 e. The van der Waals surface area contributed by atoms with Crippen LogP contribution in [0.2, 0.25) is 0 Å². The Labute approximate surface area is 173 Å². The molecule has 2 amide bonds. The van der Waals surface area contributed by atoms with Gasteiger partial charge >= 0.3 is 0 Å². The van der Waals surface area contributed by atoms with Crippen molar-refractivity contribution in [2.45, 2.75) is 58.3 Å². The van der Waals surface area contributed by atoms with Crippen molar-refractivity contribution in [3.05, 3.63) is 35.4 Å². The normalized spacial score (nSPS) is 29.5. The van der Waals surface area contributed by atoms with Crippen LogP contribution in [0.1, 0.15) is 67.3 Å². The Hall–Kier alpha value is -2.17. The second kappa shape index (κ2) is 8.29. The number of rotatable bonds is 8. The van der Waals surface area contributed by atoms with Crippen LogP contribution in [0.5, 0.6) is 0 Å². The van der Waals surface area contributed by atoms with E-state index in [1.807, 2.05) is 19.1 Å². The second-order valence-electron chi connectivity index (χ2n) is 9.59. The van der Waals surface area contributed by atoms with E-state index >= 15 is 0 Å². The molecule has 5 heteroatoms. The monoisotopic (exact) mass is 396 g/mol. The number of hydrogen-bond donors (Lipinski definition) is 2. The minimum atomic E-state index is -0.144. The third kappa shape index (κ3) is 4.54. The zero-order valence-electron chi connectivity index (χ0n) is 17.3. The molecule has 29 heavy (non-hydrogen) atoms. The number of hydrogen-bond acceptors (Lipinski definition) is 3. The summed E-state index contributed by atoms with van der Waals surface area (Å²) in [6.45, 7) is 2.84. The summed E-state index contributed by atoms with van der Waals surface area (Å²) in [5.41, 5.74) is 1.61. The molecule has 0 atom stereocenters. The molecule has 5 rings (SSSR count). The predicted molar refractivity (Wildman–Crippen MR) is 111 cm³/mol. The van der Waals surface area contributed by atoms with Crippen molar-refractivity contribution in [3.8, 4) is 0 Å². The highest BCUT2D eigenvalue weighted by atomic mass is 16.2. The fourth-order valence-electron chi connectivity index (χ4n) is 6.15. The van der Waals surface area contributed by atoms with Crippen LogP contribution in [-0.2, 0) is 9.59 Å². The lowest BCUT2D eigenvalue weighted by Crippen LogP contribution is -2.54. The highest BCUT2D eigenvalue weighted by Crippen LogP contribution is 2.60. The van der Waals surface area contributed by atoms with Gasteiger partial charge in [-0.2, -0.15) is 0 Å². The van der Waals surface area contributed by atoms with Crippen molar-refractivity contribution in [2.24, 2.45) is 23.2 Å². The standard InChI is InChI=1S/C24H32N2O3/c1-16-2-4-20(5-3-16)21(27)6-7-22(28)25-8-9-26-23(29)24-13-17-10-18(14-24)12-19(11-17)15-24/h2-5,17-19H,6-15H2,1H3,(H,25,28)(H,26,29). The maximum absolute atomic E-state index is 12.9. The number of Topliss-reactive ketones (excluding diaryl/α,β-unsaturated/α-hetero) is 1. The second-order valence-corrected chi connectivity index (χ2v) is 9.59. The maximum atomic E-state index is 12.9. The summed E-state index contributed by atoms with van der Waals surface area (Å²) in [5.74, 6) is 2.28. The van der Waals surface area contributed by atoms with Gasteiger partial charge < -0.3 is 10.6 Å². The first-order valence-corrected chi connectivity index (χ1v) is 11.1. The van der Waals surface area contributed by atoms with E-state index in [-0.39, 0.29) is 35.9 Å². The minimum Gasteiger partial charge on any atom is -0.354 e. The summed E-state index contributed by atoms with van der Waals surface area (Å²) in [4.78, 5) is 37.0. The van der Waals surface area contributed by atoms with Gasteiger partial charge in [0.05, 0.1) is 0 Å². The van der Waals surface area contributed by atoms with Gasteiger partial charge in [0.25, 0.3) is 0 Å². The molecule has 0 radical (unpaired) electrons. The molecule has 4 bridgehead atoms. The molecular weight excluding hydrogens is 364 g/mol. The number of ketones is 1. The molecule has 2 N–H and O–H groups in total. The number of carbonyl (C=O) groups is 3. The average molecular weight is 397 g/mol. The SMILES string of the molecule is Cc1ccc(C(=O)CCC(=O)NCCNC(=O)C23CC4CC(CC(C4)C2)C3)cc1. The molecule has 5 nitrogen and oxygen atoms in total. The van der Waals surface area contributed by atoms with Crippen LogP contribution in [-0.4, -0.2) is 30.7 Å². The molecule has 0 aromatic heterocycles. The van der Waals surface area contributed by atoms with Crippen LogP contribution < -0.4 is 10.6 Å². The molecule has 0 unspecified atom stereocenters. The quantitative estimate of drug-likeness (QED) is 0.522. The Morgan fingerprint density at radius 3 is 2.00 bits per heavy atom. The summed E-state index contributed by atoms with van der Waals surface area (Å²) in [6.07, 6.45) is 7.51. The van der Waals surface area contributed by atoms with Crippen molar-refractivity contribution < 1.29 is 14.4 Å². The molecule has 156 valence electrons. The van der Waals surface area contributed by atoms with E-state index in [0.717, 1.165) is 42.6 Å². The first-order valence-electron chi connectivity index (χ1n) is 11.1. The molecule has 4 fully saturated rings. The number of carbonyl (C=O) groups excluding carboxylic acids is 3. The first kappa shape index (κ1) is 20.1. The van der Waals surface area contributed by atoms with Gasteiger partial charge in [-0.1, -0.05) is 29.8 Å². The Morgan fingerprint density at radius 1 is 0.862 bits per heavy atom. The molecule has 0 aliphatic heterocycles. The molecule has 0 heterocycles. The lowest BCUT2D eigenvalue weighted by molar-refractivity contribution is -0.146. The first-order chi connectivity index (χ1) is 13.9. The van der Waals surface area contributed by atoms with E-state index in [1.54, 1.807) is 12.1 Å². The third-order valence-corrected chi connectivity index (χ3v) is 7.21. The Balaban J connectivity index is 1.15. The molecule has 4 saturated carbocycles. The van der Waals surface area contributed by atoms with Gasteiger partial charge in [-0.3, -0.25) is 14.4 Å². The molecule has 4 aliphatic carbocycles. The Bertz CT molecular complexity index is 749. The van der Waals surface area contributed by atoms with Crippen molar-refractivity contribution in [3.63, 3.8) is 0 Å². The van der Waals surface area contributed by atoms with Crippen LogP contribution in [0, 0.1) is 30.1 Å². The molecule has 0 saturated heterocycles. The summed E-state index contributed by atoms with van der Waals surface area (Å²) < 4.78 is 0. The van der Waals surface area contributed by atoms with Gasteiger partial charge in [-0.05, 0) is 63.2 Å². The molecule has 4 aliphatic rings. The van der Waals surface area contributed by atoms with E-state index in [1.165, 1.54) is 19.3 Å². The summed E-state index contributed by atoms with van der Waals surface area (Å²) in [7, 11) is 0. The van der Waals surface area contributed by atoms with Crippen LogP contribution in [0.3, 0.4) is 0 Å². The number of nitrogens with one attached hydrogen (secondary N) is 2. The van der Waals surface area contributed by atoms with Crippen molar-refractivity contribution >= 4 is 17.6 Å². The van der Waals surface area contributed by atoms with E-state index in [4.69, 9.17) is 0 Å². The van der Waals surface area contributed by atoms with Crippen molar-refractivity contribution in [1.82, 2.24) is 10.6 Å².